The summed E-state index contributed by atoms with van der Waals surface area (Å²) < 4.78 is 1.84. The molecular weight excluding hydrogens is 369 g/mol. The molecule has 24 heavy (non-hydrogen) atoms. The molecule has 2 aromatic rings. The van der Waals surface area contributed by atoms with Gasteiger partial charge in [-0.05, 0) is 48.4 Å². The number of aromatic nitrogens is 4. The first-order valence-electron chi connectivity index (χ1n) is 7.75. The highest BCUT2D eigenvalue weighted by atomic mass is 35.5. The minimum atomic E-state index is -0.369. The zero-order chi connectivity index (χ0) is 17.1. The predicted molar refractivity (Wildman–Crippen MR) is 95.7 cm³/mol. The van der Waals surface area contributed by atoms with Gasteiger partial charge >= 0.3 is 0 Å². The van der Waals surface area contributed by atoms with Crippen molar-refractivity contribution in [3.63, 3.8) is 0 Å². The Labute approximate surface area is 154 Å². The number of rotatable bonds is 5. The van der Waals surface area contributed by atoms with Gasteiger partial charge in [-0.2, -0.15) is 0 Å². The van der Waals surface area contributed by atoms with Crippen molar-refractivity contribution in [3.8, 4) is 0 Å². The lowest BCUT2D eigenvalue weighted by Crippen LogP contribution is -2.23. The molecule has 1 unspecified atom stereocenters. The molecule has 1 aliphatic carbocycles. The minimum absolute atomic E-state index is 0.176. The molecule has 1 amide bonds. The number of nitrogens with zero attached hydrogens (tertiary/aromatic N) is 4. The molecule has 3 rings (SSSR count). The van der Waals surface area contributed by atoms with E-state index in [1.54, 1.807) is 18.2 Å². The van der Waals surface area contributed by atoms with Gasteiger partial charge in [-0.1, -0.05) is 47.8 Å². The minimum Gasteiger partial charge on any atom is -0.324 e. The quantitative estimate of drug-likeness (QED) is 0.780. The third-order valence-corrected chi connectivity index (χ3v) is 5.58. The number of hydrogen-bond donors (Lipinski definition) is 1. The first-order valence-corrected chi connectivity index (χ1v) is 9.38. The van der Waals surface area contributed by atoms with Gasteiger partial charge < -0.3 is 5.32 Å². The third kappa shape index (κ3) is 4.02. The molecule has 1 N–H and O–H groups in total. The van der Waals surface area contributed by atoms with Crippen LogP contribution in [0.15, 0.2) is 23.4 Å². The predicted octanol–water partition coefficient (Wildman–Crippen LogP) is 4.21. The van der Waals surface area contributed by atoms with Crippen LogP contribution in [0.2, 0.25) is 10.0 Å². The molecule has 1 aromatic heterocycles. The number of carbonyl (C=O) groups excluding carboxylic acids is 1. The van der Waals surface area contributed by atoms with Crippen molar-refractivity contribution in [2.24, 2.45) is 0 Å². The Morgan fingerprint density at radius 3 is 2.88 bits per heavy atom. The van der Waals surface area contributed by atoms with Crippen LogP contribution in [0.3, 0.4) is 0 Å². The van der Waals surface area contributed by atoms with E-state index in [0.29, 0.717) is 26.9 Å². The Balaban J connectivity index is 1.66. The van der Waals surface area contributed by atoms with E-state index in [9.17, 15) is 4.79 Å². The van der Waals surface area contributed by atoms with Crippen LogP contribution in [0, 0.1) is 0 Å². The van der Waals surface area contributed by atoms with E-state index in [1.165, 1.54) is 24.6 Å². The van der Waals surface area contributed by atoms with Crippen LogP contribution >= 0.6 is 35.0 Å². The van der Waals surface area contributed by atoms with Crippen molar-refractivity contribution in [1.29, 1.82) is 0 Å². The smallest absolute Gasteiger partial charge is 0.237 e. The largest absolute Gasteiger partial charge is 0.324 e. The van der Waals surface area contributed by atoms with Crippen LogP contribution in [0.1, 0.15) is 38.6 Å². The molecule has 0 bridgehead atoms. The second-order valence-electron chi connectivity index (χ2n) is 5.72. The van der Waals surface area contributed by atoms with E-state index in [2.05, 4.69) is 20.8 Å². The second kappa shape index (κ2) is 7.72. The van der Waals surface area contributed by atoms with Gasteiger partial charge in [0.2, 0.25) is 11.1 Å². The molecule has 1 saturated carbocycles. The van der Waals surface area contributed by atoms with Gasteiger partial charge in [0.25, 0.3) is 0 Å². The molecule has 0 aliphatic heterocycles. The summed E-state index contributed by atoms with van der Waals surface area (Å²) in [5.74, 6) is -0.176. The molecule has 1 fully saturated rings. The lowest BCUT2D eigenvalue weighted by atomic mass is 10.3. The molecule has 0 radical (unpaired) electrons. The van der Waals surface area contributed by atoms with Crippen molar-refractivity contribution in [2.45, 2.75) is 49.1 Å². The number of tetrazole rings is 1. The van der Waals surface area contributed by atoms with Gasteiger partial charge in [0.1, 0.15) is 0 Å². The Morgan fingerprint density at radius 2 is 2.12 bits per heavy atom. The number of carbonyl (C=O) groups is 1. The van der Waals surface area contributed by atoms with E-state index in [4.69, 9.17) is 23.2 Å². The number of amides is 1. The Bertz CT molecular complexity index is 732. The first kappa shape index (κ1) is 17.5. The summed E-state index contributed by atoms with van der Waals surface area (Å²) in [6.07, 6.45) is 4.55. The van der Waals surface area contributed by atoms with Gasteiger partial charge in [-0.15, -0.1) is 5.10 Å². The van der Waals surface area contributed by atoms with Gasteiger partial charge in [-0.3, -0.25) is 4.79 Å². The van der Waals surface area contributed by atoms with Crippen molar-refractivity contribution >= 4 is 46.6 Å². The fourth-order valence-corrected chi connectivity index (χ4v) is 3.88. The van der Waals surface area contributed by atoms with Crippen molar-refractivity contribution in [3.05, 3.63) is 28.2 Å². The average Bonchev–Trinajstić information content (AvgIpc) is 3.21. The van der Waals surface area contributed by atoms with Crippen LogP contribution in [0.4, 0.5) is 5.69 Å². The van der Waals surface area contributed by atoms with Crippen molar-refractivity contribution < 1.29 is 4.79 Å². The van der Waals surface area contributed by atoms with E-state index in [0.717, 1.165) is 12.8 Å². The number of thioether (sulfide) groups is 1. The molecule has 0 spiro atoms. The number of nitrogens with one attached hydrogen (secondary N) is 1. The van der Waals surface area contributed by atoms with E-state index in [-0.39, 0.29) is 11.2 Å². The highest BCUT2D eigenvalue weighted by molar-refractivity contribution is 8.00. The maximum atomic E-state index is 12.4. The lowest BCUT2D eigenvalue weighted by molar-refractivity contribution is -0.115. The monoisotopic (exact) mass is 385 g/mol. The lowest BCUT2D eigenvalue weighted by Gasteiger charge is -2.15. The molecule has 128 valence electrons. The Morgan fingerprint density at radius 1 is 1.38 bits per heavy atom. The van der Waals surface area contributed by atoms with E-state index in [1.807, 2.05) is 11.6 Å². The zero-order valence-corrected chi connectivity index (χ0v) is 15.4. The molecule has 1 aliphatic rings. The van der Waals surface area contributed by atoms with Crippen LogP contribution in [0.5, 0.6) is 0 Å². The molecule has 6 nitrogen and oxygen atoms in total. The van der Waals surface area contributed by atoms with Crippen molar-refractivity contribution in [1.82, 2.24) is 20.2 Å². The summed E-state index contributed by atoms with van der Waals surface area (Å²) in [6, 6.07) is 5.29. The summed E-state index contributed by atoms with van der Waals surface area (Å²) in [5.41, 5.74) is 0.497. The van der Waals surface area contributed by atoms with Gasteiger partial charge in [-0.25, -0.2) is 4.68 Å². The molecule has 1 atom stereocenters. The highest BCUT2D eigenvalue weighted by Crippen LogP contribution is 2.33. The maximum Gasteiger partial charge on any atom is 0.237 e. The van der Waals surface area contributed by atoms with Gasteiger partial charge in [0, 0.05) is 5.02 Å². The molecular formula is C15H17Cl2N5OS. The Kier molecular flexibility index (Phi) is 5.63. The fraction of sp³-hybridized carbons (Fsp3) is 0.467. The van der Waals surface area contributed by atoms with Gasteiger partial charge in [0.05, 0.1) is 22.0 Å². The second-order valence-corrected chi connectivity index (χ2v) is 7.87. The standard InChI is InChI=1S/C15H17Cl2N5OS/c1-9(14(23)18-13-8-10(16)6-7-12(13)17)24-15-19-20-21-22(15)11-4-2-3-5-11/h6-9,11H,2-5H2,1H3,(H,18,23). The number of anilines is 1. The number of hydrogen-bond acceptors (Lipinski definition) is 5. The highest BCUT2D eigenvalue weighted by Gasteiger charge is 2.25. The van der Waals surface area contributed by atoms with Crippen LogP contribution < -0.4 is 5.32 Å². The SMILES string of the molecule is CC(Sc1nnnn1C1CCCC1)C(=O)Nc1cc(Cl)ccc1Cl. The zero-order valence-electron chi connectivity index (χ0n) is 13.1. The normalized spacial score (nSPS) is 16.3. The summed E-state index contributed by atoms with van der Waals surface area (Å²) >= 11 is 13.4. The average molecular weight is 386 g/mol. The molecule has 0 saturated heterocycles. The molecule has 1 aromatic carbocycles. The van der Waals surface area contributed by atoms with Gasteiger partial charge in [0.15, 0.2) is 0 Å². The van der Waals surface area contributed by atoms with E-state index >= 15 is 0 Å². The fourth-order valence-electron chi connectivity index (χ4n) is 2.68. The molecule has 9 heteroatoms. The van der Waals surface area contributed by atoms with Crippen molar-refractivity contribution in [2.75, 3.05) is 5.32 Å². The van der Waals surface area contributed by atoms with Crippen LogP contribution in [-0.4, -0.2) is 31.4 Å². The summed E-state index contributed by atoms with van der Waals surface area (Å²) in [6.45, 7) is 1.81. The number of benzene rings is 1. The third-order valence-electron chi connectivity index (χ3n) is 3.97. The number of halogens is 2. The van der Waals surface area contributed by atoms with Crippen LogP contribution in [-0.2, 0) is 4.79 Å². The van der Waals surface area contributed by atoms with Crippen LogP contribution in [0.25, 0.3) is 0 Å². The van der Waals surface area contributed by atoms with E-state index < -0.39 is 0 Å². The Hall–Kier alpha value is -1.31. The summed E-state index contributed by atoms with van der Waals surface area (Å²) in [5, 5.41) is 16.0. The first-order chi connectivity index (χ1) is 11.5. The molecule has 1 heterocycles. The summed E-state index contributed by atoms with van der Waals surface area (Å²) in [7, 11) is 0. The summed E-state index contributed by atoms with van der Waals surface area (Å²) in [4.78, 5) is 12.4. The topological polar surface area (TPSA) is 72.7 Å². The maximum absolute atomic E-state index is 12.4.